The average molecular weight is 914 g/mol. The average Bonchev–Trinajstić information content (AvgIpc) is 4.12. The van der Waals surface area contributed by atoms with Crippen LogP contribution in [0.1, 0.15) is 0 Å². The summed E-state index contributed by atoms with van der Waals surface area (Å²) in [6, 6.07) is 67.7. The Morgan fingerprint density at radius 1 is 0.383 bits per heavy atom. The number of benzene rings is 9. The van der Waals surface area contributed by atoms with Gasteiger partial charge in [0, 0.05) is 88.4 Å². The van der Waals surface area contributed by atoms with Crippen molar-refractivity contribution in [1.29, 1.82) is 0 Å². The van der Waals surface area contributed by atoms with Gasteiger partial charge >= 0.3 is 0 Å². The lowest BCUT2D eigenvalue weighted by Crippen LogP contribution is -1.93. The van der Waals surface area contributed by atoms with Crippen LogP contribution in [-0.2, 0) is 0 Å². The number of nitrogens with zero attached hydrogens (tertiary/aromatic N) is 2. The van der Waals surface area contributed by atoms with Gasteiger partial charge in [0.1, 0.15) is 0 Å². The molecule has 0 aliphatic heterocycles. The molecular weight excluding hydrogens is 882 g/mol. The Kier molecular flexibility index (Phi) is 7.62. The number of rotatable bonds is 2. The monoisotopic (exact) mass is 913 g/mol. The molecule has 5 aromatic heterocycles. The summed E-state index contributed by atoms with van der Waals surface area (Å²) in [5, 5.41) is 13.3. The number of fused-ring (bicyclic) bond motifs is 19. The fourth-order valence-corrected chi connectivity index (χ4v) is 13.0. The lowest BCUT2D eigenvalue weighted by molar-refractivity contribution is 1.19. The number of halogens is 1. The van der Waals surface area contributed by atoms with Gasteiger partial charge in [-0.15, -0.1) is 22.7 Å². The first-order valence-electron chi connectivity index (χ1n) is 20.1. The maximum absolute atomic E-state index is 3.81. The molecule has 0 aliphatic carbocycles. The highest BCUT2D eigenvalue weighted by Crippen LogP contribution is 2.50. The number of para-hydroxylation sites is 5. The first-order chi connectivity index (χ1) is 29.7. The van der Waals surface area contributed by atoms with Gasteiger partial charge in [0.2, 0.25) is 0 Å². The zero-order valence-electron chi connectivity index (χ0n) is 32.0. The van der Waals surface area contributed by atoms with E-state index in [-0.39, 0.29) is 0 Å². The molecule has 0 atom stereocenters. The predicted molar refractivity (Wildman–Crippen MR) is 269 cm³/mol. The molecule has 0 fully saturated rings. The Morgan fingerprint density at radius 2 is 0.867 bits per heavy atom. The quantitative estimate of drug-likeness (QED) is 0.167. The molecule has 0 unspecified atom stereocenters. The second-order valence-corrected chi connectivity index (χ2v) is 18.6. The van der Waals surface area contributed by atoms with Crippen molar-refractivity contribution in [1.82, 2.24) is 14.1 Å². The first kappa shape index (κ1) is 34.4. The largest absolute Gasteiger partial charge is 0.354 e. The van der Waals surface area contributed by atoms with Crippen molar-refractivity contribution >= 4 is 151 Å². The van der Waals surface area contributed by atoms with Crippen LogP contribution >= 0.6 is 45.3 Å². The standard InChI is InChI=1S/C30H18N2S.C24H14INS/c1-2-10-18(11-3-1)32-23-16-8-5-13-20(23)25-28-26(19-12-4-7-15-22(19)31-28)30-27(29(25)32)21-14-6-9-17-24(21)33-30;25-19-14-18-16-10-4-6-12-20(16)26(15-8-2-1-3-9-15)23(18)22-17-11-5-7-13-21(17)27-24(19)22/h1-17,31H;1-14H. The predicted octanol–water partition coefficient (Wildman–Crippen LogP) is 16.5. The minimum Gasteiger partial charge on any atom is -0.354 e. The molecule has 0 aliphatic rings. The second kappa shape index (κ2) is 13.3. The van der Waals surface area contributed by atoms with E-state index in [1.807, 2.05) is 22.7 Å². The third kappa shape index (κ3) is 4.86. The molecule has 0 saturated heterocycles. The molecule has 3 nitrogen and oxygen atoms in total. The molecule has 0 radical (unpaired) electrons. The Balaban J connectivity index is 0.000000126. The molecular formula is C54H32IN3S2. The number of aromatic amines is 1. The molecule has 0 spiro atoms. The molecule has 6 heteroatoms. The zero-order valence-corrected chi connectivity index (χ0v) is 35.8. The number of hydrogen-bond acceptors (Lipinski definition) is 2. The number of nitrogens with one attached hydrogen (secondary N) is 1. The minimum atomic E-state index is 1.19. The molecule has 14 rings (SSSR count). The molecule has 5 heterocycles. The van der Waals surface area contributed by atoms with Crippen LogP contribution in [0.5, 0.6) is 0 Å². The molecule has 60 heavy (non-hydrogen) atoms. The van der Waals surface area contributed by atoms with Crippen LogP contribution < -0.4 is 0 Å². The van der Waals surface area contributed by atoms with Crippen molar-refractivity contribution in [3.63, 3.8) is 0 Å². The molecule has 14 aromatic rings. The number of H-pyrrole nitrogens is 1. The van der Waals surface area contributed by atoms with E-state index in [4.69, 9.17) is 0 Å². The lowest BCUT2D eigenvalue weighted by Gasteiger charge is -2.09. The topological polar surface area (TPSA) is 25.6 Å². The van der Waals surface area contributed by atoms with E-state index in [1.165, 1.54) is 121 Å². The Labute approximate surface area is 365 Å². The lowest BCUT2D eigenvalue weighted by atomic mass is 10.0. The summed E-state index contributed by atoms with van der Waals surface area (Å²) in [7, 11) is 0. The molecule has 0 amide bonds. The normalized spacial score (nSPS) is 12.1. The van der Waals surface area contributed by atoms with Crippen LogP contribution in [0.25, 0.3) is 117 Å². The van der Waals surface area contributed by atoms with Crippen molar-refractivity contribution in [2.24, 2.45) is 0 Å². The summed E-state index contributed by atoms with van der Waals surface area (Å²) in [6.45, 7) is 0. The molecule has 0 bridgehead atoms. The van der Waals surface area contributed by atoms with Gasteiger partial charge in [-0.1, -0.05) is 127 Å². The van der Waals surface area contributed by atoms with E-state index < -0.39 is 0 Å². The minimum absolute atomic E-state index is 1.19. The van der Waals surface area contributed by atoms with Crippen LogP contribution in [0.15, 0.2) is 188 Å². The highest BCUT2D eigenvalue weighted by molar-refractivity contribution is 14.1. The smallest absolute Gasteiger partial charge is 0.0655 e. The van der Waals surface area contributed by atoms with Crippen LogP contribution in [0.2, 0.25) is 0 Å². The van der Waals surface area contributed by atoms with Crippen molar-refractivity contribution < 1.29 is 0 Å². The Bertz CT molecular complexity index is 3990. The van der Waals surface area contributed by atoms with E-state index in [0.717, 1.165) is 0 Å². The van der Waals surface area contributed by atoms with Crippen molar-refractivity contribution in [3.05, 3.63) is 192 Å². The second-order valence-electron chi connectivity index (χ2n) is 15.4. The van der Waals surface area contributed by atoms with Gasteiger partial charge in [-0.05, 0) is 83.3 Å². The van der Waals surface area contributed by atoms with E-state index in [1.54, 1.807) is 0 Å². The van der Waals surface area contributed by atoms with Gasteiger partial charge in [0.15, 0.2) is 0 Å². The third-order valence-electron chi connectivity index (χ3n) is 12.2. The molecule has 282 valence electrons. The molecule has 9 aromatic carbocycles. The SMILES string of the molecule is Ic1cc2c3ccccc3n(-c3ccccc3)c2c2c1sc1ccccc12.c1ccc(-n2c3ccccc3c3c4[nH]c5ccccc5c4c4sc5ccccc5c4c32)cc1. The van der Waals surface area contributed by atoms with E-state index in [0.29, 0.717) is 0 Å². The van der Waals surface area contributed by atoms with Gasteiger partial charge in [-0.3, -0.25) is 0 Å². The fraction of sp³-hybridized carbons (Fsp3) is 0. The number of thiophene rings is 2. The summed E-state index contributed by atoms with van der Waals surface area (Å²) >= 11 is 6.30. The molecule has 1 N–H and O–H groups in total. The maximum Gasteiger partial charge on any atom is 0.0655 e. The summed E-state index contributed by atoms with van der Waals surface area (Å²) in [6.07, 6.45) is 0. The highest BCUT2D eigenvalue weighted by atomic mass is 127. The maximum atomic E-state index is 3.81. The van der Waals surface area contributed by atoms with E-state index >= 15 is 0 Å². The summed E-state index contributed by atoms with van der Waals surface area (Å²) in [5.74, 6) is 0. The van der Waals surface area contributed by atoms with Crippen LogP contribution in [0.3, 0.4) is 0 Å². The van der Waals surface area contributed by atoms with Gasteiger partial charge in [0.25, 0.3) is 0 Å². The number of aromatic nitrogens is 3. The highest BCUT2D eigenvalue weighted by Gasteiger charge is 2.24. The van der Waals surface area contributed by atoms with Crippen molar-refractivity contribution in [2.45, 2.75) is 0 Å². The fourth-order valence-electron chi connectivity index (χ4n) is 9.74. The van der Waals surface area contributed by atoms with Crippen LogP contribution in [0, 0.1) is 3.57 Å². The summed E-state index contributed by atoms with van der Waals surface area (Å²) in [5.41, 5.74) is 9.92. The van der Waals surface area contributed by atoms with Gasteiger partial charge in [-0.25, -0.2) is 0 Å². The van der Waals surface area contributed by atoms with Gasteiger partial charge in [0.05, 0.1) is 32.3 Å². The Hall–Kier alpha value is -6.45. The third-order valence-corrected chi connectivity index (χ3v) is 15.8. The van der Waals surface area contributed by atoms with Crippen LogP contribution in [-0.4, -0.2) is 14.1 Å². The van der Waals surface area contributed by atoms with Crippen molar-refractivity contribution in [2.75, 3.05) is 0 Å². The first-order valence-corrected chi connectivity index (χ1v) is 22.8. The zero-order chi connectivity index (χ0) is 39.5. The summed E-state index contributed by atoms with van der Waals surface area (Å²) in [4.78, 5) is 3.81. The van der Waals surface area contributed by atoms with Crippen LogP contribution in [0.4, 0.5) is 0 Å². The number of hydrogen-bond donors (Lipinski definition) is 1. The molecule has 0 saturated carbocycles. The van der Waals surface area contributed by atoms with Gasteiger partial charge in [-0.2, -0.15) is 0 Å². The summed E-state index contributed by atoms with van der Waals surface area (Å²) < 4.78 is 11.6. The Morgan fingerprint density at radius 3 is 1.53 bits per heavy atom. The van der Waals surface area contributed by atoms with E-state index in [2.05, 4.69) is 225 Å². The van der Waals surface area contributed by atoms with E-state index in [9.17, 15) is 0 Å². The van der Waals surface area contributed by atoms with Crippen molar-refractivity contribution in [3.8, 4) is 11.4 Å². The van der Waals surface area contributed by atoms with Gasteiger partial charge < -0.3 is 14.1 Å².